The molecule has 0 aliphatic carbocycles. The molecule has 9 heteroatoms. The fourth-order valence-corrected chi connectivity index (χ4v) is 3.19. The molecule has 0 unspecified atom stereocenters. The van der Waals surface area contributed by atoms with Crippen molar-refractivity contribution in [2.45, 2.75) is 11.4 Å². The third-order valence-electron chi connectivity index (χ3n) is 2.37. The lowest BCUT2D eigenvalue weighted by Crippen LogP contribution is -2.24. The number of nitrogens with zero attached hydrogens (tertiary/aromatic N) is 1. The van der Waals surface area contributed by atoms with Crippen molar-refractivity contribution in [1.29, 1.82) is 0 Å². The summed E-state index contributed by atoms with van der Waals surface area (Å²) >= 11 is 0.988. The number of aromatic amines is 1. The molecule has 7 nitrogen and oxygen atoms in total. The van der Waals surface area contributed by atoms with E-state index in [1.165, 1.54) is 12.4 Å². The molecule has 2 aromatic heterocycles. The Balaban J connectivity index is 2.20. The zero-order valence-electron chi connectivity index (χ0n) is 10.0. The first kappa shape index (κ1) is 13.7. The Morgan fingerprint density at radius 1 is 1.47 bits per heavy atom. The van der Waals surface area contributed by atoms with E-state index in [0.717, 1.165) is 11.3 Å². The largest absolute Gasteiger partial charge is 0.387 e. The minimum atomic E-state index is -3.68. The average molecular weight is 300 g/mol. The molecule has 0 atom stereocenters. The zero-order chi connectivity index (χ0) is 13.9. The van der Waals surface area contributed by atoms with Crippen molar-refractivity contribution in [2.75, 3.05) is 12.4 Å². The minimum absolute atomic E-state index is 0.0269. The van der Waals surface area contributed by atoms with Crippen LogP contribution in [0, 0.1) is 0 Å². The lowest BCUT2D eigenvalue weighted by Gasteiger charge is -2.09. The number of rotatable bonds is 5. The van der Waals surface area contributed by atoms with Crippen LogP contribution in [0.5, 0.6) is 0 Å². The monoisotopic (exact) mass is 300 g/mol. The van der Waals surface area contributed by atoms with Gasteiger partial charge in [0.2, 0.25) is 10.0 Å². The first-order chi connectivity index (χ1) is 9.03. The summed E-state index contributed by atoms with van der Waals surface area (Å²) in [7, 11) is -2.05. The van der Waals surface area contributed by atoms with Crippen LogP contribution in [0.25, 0.3) is 0 Å². The van der Waals surface area contributed by atoms with E-state index >= 15 is 0 Å². The number of anilines is 1. The van der Waals surface area contributed by atoms with Gasteiger partial charge in [-0.15, -0.1) is 0 Å². The molecule has 0 amide bonds. The first-order valence-corrected chi connectivity index (χ1v) is 7.67. The highest BCUT2D eigenvalue weighted by molar-refractivity contribution is 7.89. The van der Waals surface area contributed by atoms with Gasteiger partial charge in [-0.05, 0) is 6.07 Å². The number of H-pyrrole nitrogens is 1. The Kier molecular flexibility index (Phi) is 3.98. The quantitative estimate of drug-likeness (QED) is 0.739. The molecule has 0 aliphatic heterocycles. The van der Waals surface area contributed by atoms with Crippen LogP contribution in [0.3, 0.4) is 0 Å². The number of hydrogen-bond donors (Lipinski definition) is 3. The van der Waals surface area contributed by atoms with Crippen molar-refractivity contribution in [3.05, 3.63) is 39.2 Å². The second kappa shape index (κ2) is 5.51. The van der Waals surface area contributed by atoms with E-state index in [-0.39, 0.29) is 16.3 Å². The summed E-state index contributed by atoms with van der Waals surface area (Å²) in [6, 6.07) is 1.57. The summed E-state index contributed by atoms with van der Waals surface area (Å²) in [5.41, 5.74) is 0.981. The van der Waals surface area contributed by atoms with Crippen LogP contribution in [-0.4, -0.2) is 25.4 Å². The van der Waals surface area contributed by atoms with Gasteiger partial charge < -0.3 is 10.3 Å². The maximum Gasteiger partial charge on any atom is 0.304 e. The summed E-state index contributed by atoms with van der Waals surface area (Å²) in [4.78, 5) is 17.1. The zero-order valence-corrected chi connectivity index (χ0v) is 11.6. The topological polar surface area (TPSA) is 104 Å². The third kappa shape index (κ3) is 3.19. The molecule has 0 spiro atoms. The van der Waals surface area contributed by atoms with Crippen LogP contribution < -0.4 is 14.9 Å². The van der Waals surface area contributed by atoms with Crippen molar-refractivity contribution >= 4 is 27.0 Å². The van der Waals surface area contributed by atoms with Gasteiger partial charge >= 0.3 is 4.87 Å². The minimum Gasteiger partial charge on any atom is -0.387 e. The highest BCUT2D eigenvalue weighted by Gasteiger charge is 2.18. The van der Waals surface area contributed by atoms with Gasteiger partial charge in [-0.2, -0.15) is 0 Å². The Bertz CT molecular complexity index is 720. The van der Waals surface area contributed by atoms with Crippen LogP contribution in [0.1, 0.15) is 5.69 Å². The number of nitrogens with one attached hydrogen (secondary N) is 3. The Morgan fingerprint density at radius 3 is 2.89 bits per heavy atom. The summed E-state index contributed by atoms with van der Waals surface area (Å²) in [6.45, 7) is 0.0269. The standard InChI is InChI=1S/C10H12N4O3S2/c1-11-8-2-3-12-5-9(8)19(16,17)13-4-7-6-18-10(15)14-7/h2-3,5-6,13H,4H2,1H3,(H,11,12)(H,14,15). The number of thiazole rings is 1. The molecule has 2 rings (SSSR count). The van der Waals surface area contributed by atoms with Crippen LogP contribution in [0.4, 0.5) is 5.69 Å². The van der Waals surface area contributed by atoms with Gasteiger partial charge in [-0.3, -0.25) is 9.78 Å². The van der Waals surface area contributed by atoms with Gasteiger partial charge in [-0.25, -0.2) is 13.1 Å². The van der Waals surface area contributed by atoms with E-state index in [9.17, 15) is 13.2 Å². The van der Waals surface area contributed by atoms with E-state index in [1.54, 1.807) is 18.5 Å². The van der Waals surface area contributed by atoms with E-state index in [4.69, 9.17) is 0 Å². The Labute approximate surface area is 113 Å². The van der Waals surface area contributed by atoms with Gasteiger partial charge in [-0.1, -0.05) is 11.3 Å². The van der Waals surface area contributed by atoms with Crippen LogP contribution >= 0.6 is 11.3 Å². The fraction of sp³-hybridized carbons (Fsp3) is 0.200. The summed E-state index contributed by atoms with van der Waals surface area (Å²) in [5, 5.41) is 4.37. The van der Waals surface area contributed by atoms with Gasteiger partial charge in [0.25, 0.3) is 0 Å². The van der Waals surface area contributed by atoms with Crippen LogP contribution in [0.2, 0.25) is 0 Å². The molecule has 0 saturated carbocycles. The highest BCUT2D eigenvalue weighted by Crippen LogP contribution is 2.18. The molecule has 0 radical (unpaired) electrons. The molecule has 0 saturated heterocycles. The SMILES string of the molecule is CNc1ccncc1S(=O)(=O)NCc1csc(=O)[nH]1. The predicted molar refractivity (Wildman–Crippen MR) is 72.7 cm³/mol. The van der Waals surface area contributed by atoms with Crippen molar-refractivity contribution in [1.82, 2.24) is 14.7 Å². The average Bonchev–Trinajstić information content (AvgIpc) is 2.82. The first-order valence-electron chi connectivity index (χ1n) is 5.31. The molecule has 0 aromatic carbocycles. The van der Waals surface area contributed by atoms with E-state index in [0.29, 0.717) is 11.4 Å². The van der Waals surface area contributed by atoms with Gasteiger partial charge in [0.15, 0.2) is 0 Å². The number of hydrogen-bond acceptors (Lipinski definition) is 6. The lowest BCUT2D eigenvalue weighted by atomic mass is 10.4. The van der Waals surface area contributed by atoms with Crippen molar-refractivity contribution in [2.24, 2.45) is 0 Å². The number of aromatic nitrogens is 2. The van der Waals surface area contributed by atoms with Gasteiger partial charge in [0, 0.05) is 30.5 Å². The summed E-state index contributed by atoms with van der Waals surface area (Å²) in [6.07, 6.45) is 2.77. The maximum absolute atomic E-state index is 12.1. The molecule has 0 bridgehead atoms. The van der Waals surface area contributed by atoms with Crippen molar-refractivity contribution in [3.63, 3.8) is 0 Å². The smallest absolute Gasteiger partial charge is 0.304 e. The third-order valence-corrected chi connectivity index (χ3v) is 4.51. The van der Waals surface area contributed by atoms with Crippen LogP contribution in [-0.2, 0) is 16.6 Å². The second-order valence-electron chi connectivity index (χ2n) is 3.62. The molecule has 2 heterocycles. The van der Waals surface area contributed by atoms with Crippen molar-refractivity contribution in [3.8, 4) is 0 Å². The molecule has 3 N–H and O–H groups in total. The molecular formula is C10H12N4O3S2. The van der Waals surface area contributed by atoms with E-state index < -0.39 is 10.0 Å². The molecule has 0 fully saturated rings. The molecule has 19 heavy (non-hydrogen) atoms. The molecule has 2 aromatic rings. The van der Waals surface area contributed by atoms with E-state index in [1.807, 2.05) is 0 Å². The second-order valence-corrected chi connectivity index (χ2v) is 6.20. The highest BCUT2D eigenvalue weighted by atomic mass is 32.2. The fourth-order valence-electron chi connectivity index (χ4n) is 1.45. The number of sulfonamides is 1. The predicted octanol–water partition coefficient (Wildman–Crippen LogP) is 0.352. The lowest BCUT2D eigenvalue weighted by molar-refractivity contribution is 0.580. The van der Waals surface area contributed by atoms with Gasteiger partial charge in [0.1, 0.15) is 4.90 Å². The summed E-state index contributed by atoms with van der Waals surface area (Å²) < 4.78 is 26.6. The van der Waals surface area contributed by atoms with Crippen molar-refractivity contribution < 1.29 is 8.42 Å². The van der Waals surface area contributed by atoms with Gasteiger partial charge in [0.05, 0.1) is 12.2 Å². The molecule has 0 aliphatic rings. The molecular weight excluding hydrogens is 288 g/mol. The Hall–Kier alpha value is -1.71. The molecule has 102 valence electrons. The number of pyridine rings is 1. The van der Waals surface area contributed by atoms with E-state index in [2.05, 4.69) is 20.0 Å². The maximum atomic E-state index is 12.1. The Morgan fingerprint density at radius 2 is 2.26 bits per heavy atom. The summed E-state index contributed by atoms with van der Waals surface area (Å²) in [5.74, 6) is 0. The normalized spacial score (nSPS) is 11.4. The van der Waals surface area contributed by atoms with Crippen LogP contribution in [0.15, 0.2) is 33.5 Å².